The zero-order valence-corrected chi connectivity index (χ0v) is 14.2. The molecule has 0 amide bonds. The van der Waals surface area contributed by atoms with Gasteiger partial charge in [-0.1, -0.05) is 18.4 Å². The van der Waals surface area contributed by atoms with Gasteiger partial charge in [0.05, 0.1) is 0 Å². The van der Waals surface area contributed by atoms with Crippen LogP contribution in [-0.4, -0.2) is 16.5 Å². The van der Waals surface area contributed by atoms with Crippen LogP contribution in [-0.2, 0) is 4.79 Å². The van der Waals surface area contributed by atoms with Crippen molar-refractivity contribution < 1.29 is 9.90 Å². The van der Waals surface area contributed by atoms with Crippen molar-refractivity contribution in [1.29, 1.82) is 0 Å². The first kappa shape index (κ1) is 15.5. The minimum atomic E-state index is -0.893. The number of terminal acetylenes is 1. The minimum absolute atomic E-state index is 0.0609. The Kier molecular flexibility index (Phi) is 3.50. The van der Waals surface area contributed by atoms with Gasteiger partial charge in [0.1, 0.15) is 5.60 Å². The smallest absolute Gasteiger partial charge is 0.155 e. The van der Waals surface area contributed by atoms with Crippen molar-refractivity contribution in [2.45, 2.75) is 70.3 Å². The van der Waals surface area contributed by atoms with Crippen molar-refractivity contribution in [3.8, 4) is 12.3 Å². The fraction of sp³-hybridized carbons (Fsp3) is 0.762. The van der Waals surface area contributed by atoms with E-state index in [-0.39, 0.29) is 5.41 Å². The first-order chi connectivity index (χ1) is 11.0. The molecule has 1 N–H and O–H groups in total. The van der Waals surface area contributed by atoms with Gasteiger partial charge in [0.25, 0.3) is 0 Å². The fourth-order valence-electron chi connectivity index (χ4n) is 6.96. The number of rotatable bonds is 1. The lowest BCUT2D eigenvalue weighted by molar-refractivity contribution is -0.117. The SMILES string of the molecule is C#C[C@@]1(O)CCC2C3CCC4=CC(=O)CCC4C3CC[C@@]21CC. The van der Waals surface area contributed by atoms with Gasteiger partial charge in [-0.05, 0) is 81.1 Å². The molecule has 4 rings (SSSR count). The van der Waals surface area contributed by atoms with Gasteiger partial charge in [-0.15, -0.1) is 6.42 Å². The molecular formula is C21H28O2. The molecular weight excluding hydrogens is 284 g/mol. The molecule has 0 aromatic rings. The molecule has 0 radical (unpaired) electrons. The molecule has 0 aromatic heterocycles. The van der Waals surface area contributed by atoms with Crippen molar-refractivity contribution in [2.24, 2.45) is 29.1 Å². The van der Waals surface area contributed by atoms with E-state index >= 15 is 0 Å². The van der Waals surface area contributed by atoms with Gasteiger partial charge in [-0.25, -0.2) is 0 Å². The zero-order valence-electron chi connectivity index (χ0n) is 14.2. The first-order valence-corrected chi connectivity index (χ1v) is 9.48. The van der Waals surface area contributed by atoms with Gasteiger partial charge in [0.15, 0.2) is 5.78 Å². The Morgan fingerprint density at radius 3 is 2.78 bits per heavy atom. The van der Waals surface area contributed by atoms with Gasteiger partial charge in [0.2, 0.25) is 0 Å². The molecule has 3 saturated carbocycles. The Morgan fingerprint density at radius 1 is 1.22 bits per heavy atom. The van der Waals surface area contributed by atoms with E-state index in [2.05, 4.69) is 12.8 Å². The Balaban J connectivity index is 1.67. The topological polar surface area (TPSA) is 37.3 Å². The lowest BCUT2D eigenvalue weighted by Crippen LogP contribution is -2.53. The number of fused-ring (bicyclic) bond motifs is 5. The third-order valence-corrected chi connectivity index (χ3v) is 8.02. The summed E-state index contributed by atoms with van der Waals surface area (Å²) < 4.78 is 0. The maximum atomic E-state index is 11.8. The van der Waals surface area contributed by atoms with Crippen LogP contribution in [0.25, 0.3) is 0 Å². The van der Waals surface area contributed by atoms with Crippen molar-refractivity contribution in [1.82, 2.24) is 0 Å². The van der Waals surface area contributed by atoms with Crippen LogP contribution in [0, 0.1) is 41.4 Å². The fourth-order valence-corrected chi connectivity index (χ4v) is 6.96. The highest BCUT2D eigenvalue weighted by Crippen LogP contribution is 2.66. The van der Waals surface area contributed by atoms with E-state index in [9.17, 15) is 9.90 Å². The van der Waals surface area contributed by atoms with Crippen LogP contribution >= 0.6 is 0 Å². The van der Waals surface area contributed by atoms with Crippen molar-refractivity contribution in [2.75, 3.05) is 0 Å². The molecule has 6 atom stereocenters. The average Bonchev–Trinajstić information content (AvgIpc) is 2.88. The summed E-state index contributed by atoms with van der Waals surface area (Å²) in [5.74, 6) is 5.73. The molecule has 0 saturated heterocycles. The molecule has 2 nitrogen and oxygen atoms in total. The van der Waals surface area contributed by atoms with Crippen LogP contribution < -0.4 is 0 Å². The lowest BCUT2D eigenvalue weighted by atomic mass is 9.49. The quantitative estimate of drug-likeness (QED) is 0.746. The van der Waals surface area contributed by atoms with Gasteiger partial charge in [-0.3, -0.25) is 4.79 Å². The second-order valence-corrected chi connectivity index (χ2v) is 8.40. The van der Waals surface area contributed by atoms with Gasteiger partial charge in [-0.2, -0.15) is 0 Å². The molecule has 0 bridgehead atoms. The van der Waals surface area contributed by atoms with Crippen molar-refractivity contribution in [3.05, 3.63) is 11.6 Å². The number of hydrogen-bond donors (Lipinski definition) is 1. The number of ketones is 1. The largest absolute Gasteiger partial charge is 0.377 e. The number of allylic oxidation sites excluding steroid dienone is 1. The zero-order chi connectivity index (χ0) is 16.2. The maximum absolute atomic E-state index is 11.8. The minimum Gasteiger partial charge on any atom is -0.377 e. The molecule has 0 heterocycles. The highest BCUT2D eigenvalue weighted by molar-refractivity contribution is 5.91. The summed E-state index contributed by atoms with van der Waals surface area (Å²) in [6.45, 7) is 2.22. The number of carbonyl (C=O) groups excluding carboxylic acids is 1. The summed E-state index contributed by atoms with van der Waals surface area (Å²) in [5, 5.41) is 11.1. The predicted octanol–water partition coefficient (Wildman–Crippen LogP) is 3.88. The summed E-state index contributed by atoms with van der Waals surface area (Å²) in [4.78, 5) is 11.8. The van der Waals surface area contributed by atoms with E-state index in [1.165, 1.54) is 18.4 Å². The molecule has 2 heteroatoms. The maximum Gasteiger partial charge on any atom is 0.155 e. The molecule has 4 unspecified atom stereocenters. The predicted molar refractivity (Wildman–Crippen MR) is 90.5 cm³/mol. The highest BCUT2D eigenvalue weighted by atomic mass is 16.3. The van der Waals surface area contributed by atoms with E-state index in [1.54, 1.807) is 0 Å². The Bertz CT molecular complexity index is 597. The third kappa shape index (κ3) is 1.96. The second-order valence-electron chi connectivity index (χ2n) is 8.40. The summed E-state index contributed by atoms with van der Waals surface area (Å²) in [5.41, 5.74) is 0.474. The Morgan fingerprint density at radius 2 is 2.04 bits per heavy atom. The van der Waals surface area contributed by atoms with Gasteiger partial charge >= 0.3 is 0 Å². The van der Waals surface area contributed by atoms with Gasteiger partial charge in [0, 0.05) is 11.8 Å². The van der Waals surface area contributed by atoms with Crippen LogP contribution in [0.15, 0.2) is 11.6 Å². The van der Waals surface area contributed by atoms with Crippen LogP contribution in [0.3, 0.4) is 0 Å². The van der Waals surface area contributed by atoms with E-state index in [4.69, 9.17) is 6.42 Å². The molecule has 4 aliphatic rings. The molecule has 4 aliphatic carbocycles. The van der Waals surface area contributed by atoms with Crippen LogP contribution in [0.1, 0.15) is 64.7 Å². The van der Waals surface area contributed by atoms with Crippen LogP contribution in [0.5, 0.6) is 0 Å². The van der Waals surface area contributed by atoms with E-state index in [0.29, 0.717) is 29.5 Å². The molecule has 0 spiro atoms. The number of aliphatic hydroxyl groups is 1. The molecule has 23 heavy (non-hydrogen) atoms. The monoisotopic (exact) mass is 312 g/mol. The molecule has 0 aromatic carbocycles. The summed E-state index contributed by atoms with van der Waals surface area (Å²) in [7, 11) is 0. The van der Waals surface area contributed by atoms with E-state index < -0.39 is 5.60 Å². The molecule has 3 fully saturated rings. The highest BCUT2D eigenvalue weighted by Gasteiger charge is 2.63. The average molecular weight is 312 g/mol. The molecule has 0 aliphatic heterocycles. The van der Waals surface area contributed by atoms with E-state index in [0.717, 1.165) is 44.9 Å². The van der Waals surface area contributed by atoms with Crippen molar-refractivity contribution >= 4 is 5.78 Å². The third-order valence-electron chi connectivity index (χ3n) is 8.02. The lowest BCUT2D eigenvalue weighted by Gasteiger charge is -2.55. The summed E-state index contributed by atoms with van der Waals surface area (Å²) in [6.07, 6.45) is 16.9. The van der Waals surface area contributed by atoms with Crippen LogP contribution in [0.2, 0.25) is 0 Å². The van der Waals surface area contributed by atoms with E-state index in [1.807, 2.05) is 6.08 Å². The number of hydrogen-bond acceptors (Lipinski definition) is 2. The van der Waals surface area contributed by atoms with Crippen LogP contribution in [0.4, 0.5) is 0 Å². The first-order valence-electron chi connectivity index (χ1n) is 9.48. The second kappa shape index (κ2) is 5.21. The van der Waals surface area contributed by atoms with Gasteiger partial charge < -0.3 is 5.11 Å². The number of carbonyl (C=O) groups is 1. The normalized spacial score (nSPS) is 48.7. The standard InChI is InChI=1S/C21H28O2/c1-3-20-11-9-17-16-8-6-15(22)13-14(16)5-7-18(17)19(20)10-12-21(20,23)4-2/h2,13,16-19,23H,3,5-12H2,1H3/t16?,17?,18?,19?,20-,21+/m0/s1. The molecule has 124 valence electrons. The summed E-state index contributed by atoms with van der Waals surface area (Å²) >= 11 is 0. The Labute approximate surface area is 139 Å². The van der Waals surface area contributed by atoms with Crippen molar-refractivity contribution in [3.63, 3.8) is 0 Å². The summed E-state index contributed by atoms with van der Waals surface area (Å²) in [6, 6.07) is 0. The Hall–Kier alpha value is -1.07.